The zero-order chi connectivity index (χ0) is 11.1. The van der Waals surface area contributed by atoms with Gasteiger partial charge in [-0.1, -0.05) is 6.42 Å². The van der Waals surface area contributed by atoms with Gasteiger partial charge < -0.3 is 10.0 Å². The summed E-state index contributed by atoms with van der Waals surface area (Å²) in [5.74, 6) is -3.02. The number of carbonyl (C=O) groups excluding carboxylic acids is 1. The Morgan fingerprint density at radius 1 is 1.33 bits per heavy atom. The van der Waals surface area contributed by atoms with Crippen LogP contribution in [0.5, 0.6) is 0 Å². The van der Waals surface area contributed by atoms with Crippen molar-refractivity contribution in [2.75, 3.05) is 19.7 Å². The van der Waals surface area contributed by atoms with Crippen LogP contribution in [-0.4, -0.2) is 41.5 Å². The van der Waals surface area contributed by atoms with Crippen LogP contribution in [0, 0.1) is 5.41 Å². The first-order chi connectivity index (χ1) is 6.99. The molecule has 1 saturated heterocycles. The van der Waals surface area contributed by atoms with Crippen molar-refractivity contribution in [3.8, 4) is 0 Å². The van der Waals surface area contributed by atoms with Crippen LogP contribution in [0.4, 0.5) is 8.78 Å². The Morgan fingerprint density at radius 3 is 2.33 bits per heavy atom. The smallest absolute Gasteiger partial charge is 0.267 e. The highest BCUT2D eigenvalue weighted by atomic mass is 19.3. The molecule has 1 amide bonds. The number of hydrogen-bond acceptors (Lipinski definition) is 2. The molecular weight excluding hydrogens is 204 g/mol. The zero-order valence-electron chi connectivity index (χ0n) is 8.51. The minimum atomic E-state index is -2.74. The molecule has 1 saturated carbocycles. The number of likely N-dealkylation sites (tertiary alicyclic amines) is 1. The van der Waals surface area contributed by atoms with Gasteiger partial charge in [-0.2, -0.15) is 0 Å². The maximum Gasteiger partial charge on any atom is 0.267 e. The Bertz CT molecular complexity index is 271. The fourth-order valence-corrected chi connectivity index (χ4v) is 2.29. The van der Waals surface area contributed by atoms with Gasteiger partial charge in [-0.05, 0) is 12.8 Å². The van der Waals surface area contributed by atoms with Crippen LogP contribution in [0.3, 0.4) is 0 Å². The number of carbonyl (C=O) groups is 1. The van der Waals surface area contributed by atoms with Crippen LogP contribution in [0.2, 0.25) is 0 Å². The standard InChI is InChI=1S/C10H15F2NO2/c11-10(12)4-5-13(6-10)8(15)9(7-14)2-1-3-9/h14H,1-7H2. The molecule has 86 valence electrons. The Kier molecular flexibility index (Phi) is 2.45. The summed E-state index contributed by atoms with van der Waals surface area (Å²) in [6.07, 6.45) is 1.91. The molecule has 1 aliphatic carbocycles. The molecule has 2 rings (SSSR count). The van der Waals surface area contributed by atoms with Gasteiger partial charge in [-0.15, -0.1) is 0 Å². The summed E-state index contributed by atoms with van der Waals surface area (Å²) < 4.78 is 25.8. The number of amides is 1. The Balaban J connectivity index is 2.03. The van der Waals surface area contributed by atoms with Crippen LogP contribution in [-0.2, 0) is 4.79 Å². The number of hydrogen-bond donors (Lipinski definition) is 1. The van der Waals surface area contributed by atoms with E-state index in [1.165, 1.54) is 4.90 Å². The van der Waals surface area contributed by atoms with Gasteiger partial charge in [0.2, 0.25) is 5.91 Å². The van der Waals surface area contributed by atoms with E-state index >= 15 is 0 Å². The molecule has 2 aliphatic rings. The summed E-state index contributed by atoms with van der Waals surface area (Å²) in [6.45, 7) is -0.574. The molecule has 2 fully saturated rings. The van der Waals surface area contributed by atoms with Crippen molar-refractivity contribution >= 4 is 5.91 Å². The van der Waals surface area contributed by atoms with Gasteiger partial charge in [0.15, 0.2) is 0 Å². The number of aliphatic hydroxyl groups excluding tert-OH is 1. The van der Waals surface area contributed by atoms with E-state index in [9.17, 15) is 13.6 Å². The Labute approximate surface area is 87.1 Å². The van der Waals surface area contributed by atoms with Crippen molar-refractivity contribution in [3.05, 3.63) is 0 Å². The average molecular weight is 219 g/mol. The van der Waals surface area contributed by atoms with E-state index in [0.29, 0.717) is 12.8 Å². The molecule has 0 spiro atoms. The van der Waals surface area contributed by atoms with E-state index in [-0.39, 0.29) is 25.5 Å². The van der Waals surface area contributed by atoms with Crippen LogP contribution in [0.1, 0.15) is 25.7 Å². The van der Waals surface area contributed by atoms with Gasteiger partial charge in [-0.3, -0.25) is 4.79 Å². The lowest BCUT2D eigenvalue weighted by Gasteiger charge is -2.41. The first-order valence-corrected chi connectivity index (χ1v) is 5.27. The maximum atomic E-state index is 12.9. The van der Waals surface area contributed by atoms with Crippen LogP contribution in [0.15, 0.2) is 0 Å². The fraction of sp³-hybridized carbons (Fsp3) is 0.900. The monoisotopic (exact) mass is 219 g/mol. The van der Waals surface area contributed by atoms with Crippen LogP contribution < -0.4 is 0 Å². The van der Waals surface area contributed by atoms with Crippen molar-refractivity contribution in [1.82, 2.24) is 4.90 Å². The molecular formula is C10H15F2NO2. The minimum absolute atomic E-state index is 0.119. The largest absolute Gasteiger partial charge is 0.395 e. The molecule has 0 unspecified atom stereocenters. The average Bonchev–Trinajstić information content (AvgIpc) is 2.45. The summed E-state index contributed by atoms with van der Waals surface area (Å²) in [6, 6.07) is 0. The SMILES string of the molecule is O=C(N1CCC(F)(F)C1)C1(CO)CCC1. The zero-order valence-corrected chi connectivity index (χ0v) is 8.51. The molecule has 0 aromatic heterocycles. The molecule has 1 N–H and O–H groups in total. The van der Waals surface area contributed by atoms with Gasteiger partial charge >= 0.3 is 0 Å². The predicted octanol–water partition coefficient (Wildman–Crippen LogP) is 1.02. The van der Waals surface area contributed by atoms with Crippen molar-refractivity contribution in [2.45, 2.75) is 31.6 Å². The molecule has 0 aromatic rings. The van der Waals surface area contributed by atoms with Crippen LogP contribution in [0.25, 0.3) is 0 Å². The second kappa shape index (κ2) is 3.40. The van der Waals surface area contributed by atoms with Crippen molar-refractivity contribution in [2.24, 2.45) is 5.41 Å². The van der Waals surface area contributed by atoms with Crippen LogP contribution >= 0.6 is 0 Å². The third-order valence-electron chi connectivity index (χ3n) is 3.52. The highest BCUT2D eigenvalue weighted by Gasteiger charge is 2.50. The number of nitrogens with zero attached hydrogens (tertiary/aromatic N) is 1. The molecule has 3 nitrogen and oxygen atoms in total. The fourth-order valence-electron chi connectivity index (χ4n) is 2.29. The maximum absolute atomic E-state index is 12.9. The third kappa shape index (κ3) is 1.73. The number of halogens is 2. The first kappa shape index (κ1) is 10.8. The lowest BCUT2D eigenvalue weighted by Crippen LogP contribution is -2.49. The lowest BCUT2D eigenvalue weighted by atomic mass is 9.68. The minimum Gasteiger partial charge on any atom is -0.395 e. The van der Waals surface area contributed by atoms with Gasteiger partial charge in [0.05, 0.1) is 18.6 Å². The highest BCUT2D eigenvalue weighted by molar-refractivity contribution is 5.84. The van der Waals surface area contributed by atoms with Gasteiger partial charge in [0.1, 0.15) is 0 Å². The highest BCUT2D eigenvalue weighted by Crippen LogP contribution is 2.43. The Morgan fingerprint density at radius 2 is 2.00 bits per heavy atom. The predicted molar refractivity (Wildman–Crippen MR) is 49.5 cm³/mol. The van der Waals surface area contributed by atoms with Gasteiger partial charge in [-0.25, -0.2) is 8.78 Å². The summed E-state index contributed by atoms with van der Waals surface area (Å²) in [5, 5.41) is 9.16. The molecule has 0 atom stereocenters. The summed E-state index contributed by atoms with van der Waals surface area (Å²) in [5.41, 5.74) is -0.736. The number of rotatable bonds is 2. The Hall–Kier alpha value is -0.710. The van der Waals surface area contributed by atoms with E-state index in [1.54, 1.807) is 0 Å². The molecule has 1 heterocycles. The molecule has 0 aromatic carbocycles. The second-order valence-electron chi connectivity index (χ2n) is 4.62. The third-order valence-corrected chi connectivity index (χ3v) is 3.52. The molecule has 0 radical (unpaired) electrons. The van der Waals surface area contributed by atoms with E-state index in [4.69, 9.17) is 5.11 Å². The second-order valence-corrected chi connectivity index (χ2v) is 4.62. The quantitative estimate of drug-likeness (QED) is 0.753. The van der Waals surface area contributed by atoms with Gasteiger partial charge in [0.25, 0.3) is 5.92 Å². The first-order valence-electron chi connectivity index (χ1n) is 5.27. The van der Waals surface area contributed by atoms with E-state index in [2.05, 4.69) is 0 Å². The molecule has 1 aliphatic heterocycles. The normalized spacial score (nSPS) is 27.5. The molecule has 0 bridgehead atoms. The van der Waals surface area contributed by atoms with E-state index < -0.39 is 17.9 Å². The van der Waals surface area contributed by atoms with E-state index in [0.717, 1.165) is 6.42 Å². The van der Waals surface area contributed by atoms with Crippen molar-refractivity contribution < 1.29 is 18.7 Å². The van der Waals surface area contributed by atoms with E-state index in [1.807, 2.05) is 0 Å². The van der Waals surface area contributed by atoms with Crippen molar-refractivity contribution in [3.63, 3.8) is 0 Å². The summed E-state index contributed by atoms with van der Waals surface area (Å²) in [4.78, 5) is 13.1. The summed E-state index contributed by atoms with van der Waals surface area (Å²) >= 11 is 0. The molecule has 15 heavy (non-hydrogen) atoms. The molecule has 5 heteroatoms. The summed E-state index contributed by atoms with van der Waals surface area (Å²) in [7, 11) is 0. The number of aliphatic hydroxyl groups is 1. The number of alkyl halides is 2. The van der Waals surface area contributed by atoms with Gasteiger partial charge in [0, 0.05) is 13.0 Å². The lowest BCUT2D eigenvalue weighted by molar-refractivity contribution is -0.151. The van der Waals surface area contributed by atoms with Crippen molar-refractivity contribution in [1.29, 1.82) is 0 Å². The topological polar surface area (TPSA) is 40.5 Å².